The van der Waals surface area contributed by atoms with Crippen LogP contribution in [0.15, 0.2) is 22.0 Å². The molecule has 1 rings (SSSR count). The number of anilines is 1. The van der Waals surface area contributed by atoms with Crippen LogP contribution in [0.2, 0.25) is 0 Å². The standard InChI is InChI=1S/C9H12F2N2O3S/c1-2-17(15,16)7-3-6(12)4-13(9(7)14)5-8(10)11/h3-4,8H,2,5,12H2,1H3. The van der Waals surface area contributed by atoms with Gasteiger partial charge in [0.2, 0.25) is 0 Å². The SMILES string of the molecule is CCS(=O)(=O)c1cc(N)cn(CC(F)F)c1=O. The number of pyridine rings is 1. The van der Waals surface area contributed by atoms with E-state index in [2.05, 4.69) is 0 Å². The van der Waals surface area contributed by atoms with Gasteiger partial charge in [0.15, 0.2) is 9.84 Å². The summed E-state index contributed by atoms with van der Waals surface area (Å²) in [5.41, 5.74) is 4.37. The molecule has 0 aliphatic carbocycles. The Hall–Kier alpha value is -1.44. The van der Waals surface area contributed by atoms with E-state index in [1.165, 1.54) is 6.92 Å². The highest BCUT2D eigenvalue weighted by molar-refractivity contribution is 7.91. The van der Waals surface area contributed by atoms with Gasteiger partial charge in [-0.3, -0.25) is 4.79 Å². The highest BCUT2D eigenvalue weighted by atomic mass is 32.2. The van der Waals surface area contributed by atoms with E-state index in [1.807, 2.05) is 0 Å². The molecule has 0 aromatic carbocycles. The Labute approximate surface area is 96.8 Å². The lowest BCUT2D eigenvalue weighted by Gasteiger charge is -2.09. The number of nitrogens with two attached hydrogens (primary N) is 1. The number of alkyl halides is 2. The number of halogens is 2. The summed E-state index contributed by atoms with van der Waals surface area (Å²) < 4.78 is 48.1. The Morgan fingerprint density at radius 3 is 2.53 bits per heavy atom. The minimum absolute atomic E-state index is 0.0442. The maximum atomic E-state index is 12.2. The van der Waals surface area contributed by atoms with Crippen molar-refractivity contribution in [1.29, 1.82) is 0 Å². The van der Waals surface area contributed by atoms with Crippen molar-refractivity contribution in [2.75, 3.05) is 11.5 Å². The molecule has 5 nitrogen and oxygen atoms in total. The van der Waals surface area contributed by atoms with Crippen molar-refractivity contribution in [2.45, 2.75) is 24.8 Å². The predicted molar refractivity (Wildman–Crippen MR) is 58.8 cm³/mol. The predicted octanol–water partition coefficient (Wildman–Crippen LogP) is 0.489. The zero-order chi connectivity index (χ0) is 13.2. The van der Waals surface area contributed by atoms with Gasteiger partial charge in [-0.2, -0.15) is 0 Å². The molecule has 0 saturated heterocycles. The van der Waals surface area contributed by atoms with Crippen molar-refractivity contribution in [3.63, 3.8) is 0 Å². The van der Waals surface area contributed by atoms with E-state index >= 15 is 0 Å². The highest BCUT2D eigenvalue weighted by Crippen LogP contribution is 2.11. The third-order valence-corrected chi connectivity index (χ3v) is 3.85. The molecule has 0 radical (unpaired) electrons. The largest absolute Gasteiger partial charge is 0.398 e. The lowest BCUT2D eigenvalue weighted by Crippen LogP contribution is -2.28. The van der Waals surface area contributed by atoms with Gasteiger partial charge in [0.1, 0.15) is 4.90 Å². The second-order valence-corrected chi connectivity index (χ2v) is 5.64. The maximum absolute atomic E-state index is 12.2. The maximum Gasteiger partial charge on any atom is 0.269 e. The van der Waals surface area contributed by atoms with Crippen LogP contribution in [0, 0.1) is 0 Å². The molecule has 0 aliphatic rings. The molecule has 1 aromatic rings. The number of nitrogens with zero attached hydrogens (tertiary/aromatic N) is 1. The van der Waals surface area contributed by atoms with E-state index < -0.39 is 33.3 Å². The van der Waals surface area contributed by atoms with Crippen LogP contribution in [0.3, 0.4) is 0 Å². The first kappa shape index (κ1) is 13.6. The Kier molecular flexibility index (Phi) is 3.87. The van der Waals surface area contributed by atoms with Gasteiger partial charge in [0.05, 0.1) is 12.3 Å². The van der Waals surface area contributed by atoms with Crippen molar-refractivity contribution in [3.05, 3.63) is 22.6 Å². The van der Waals surface area contributed by atoms with Crippen LogP contribution in [-0.2, 0) is 16.4 Å². The van der Waals surface area contributed by atoms with Crippen LogP contribution in [0.4, 0.5) is 14.5 Å². The summed E-state index contributed by atoms with van der Waals surface area (Å²) in [7, 11) is -3.77. The molecule has 0 fully saturated rings. The third kappa shape index (κ3) is 3.02. The summed E-state index contributed by atoms with van der Waals surface area (Å²) in [5.74, 6) is -0.291. The zero-order valence-electron chi connectivity index (χ0n) is 9.06. The minimum Gasteiger partial charge on any atom is -0.398 e. The molecule has 0 amide bonds. The van der Waals surface area contributed by atoms with Crippen molar-refractivity contribution in [3.8, 4) is 0 Å². The fourth-order valence-corrected chi connectivity index (χ4v) is 2.30. The summed E-state index contributed by atoms with van der Waals surface area (Å²) in [6, 6.07) is 0.989. The van der Waals surface area contributed by atoms with Crippen LogP contribution in [0.1, 0.15) is 6.92 Å². The van der Waals surface area contributed by atoms with Gasteiger partial charge in [0, 0.05) is 11.9 Å². The first-order valence-corrected chi connectivity index (χ1v) is 6.44. The van der Waals surface area contributed by atoms with Gasteiger partial charge in [-0.1, -0.05) is 6.92 Å². The molecule has 17 heavy (non-hydrogen) atoms. The third-order valence-electron chi connectivity index (χ3n) is 2.12. The number of rotatable bonds is 4. The van der Waals surface area contributed by atoms with Crippen molar-refractivity contribution in [2.24, 2.45) is 0 Å². The van der Waals surface area contributed by atoms with E-state index in [9.17, 15) is 22.0 Å². The number of hydrogen-bond donors (Lipinski definition) is 1. The Morgan fingerprint density at radius 2 is 2.06 bits per heavy atom. The average Bonchev–Trinajstić information content (AvgIpc) is 2.22. The van der Waals surface area contributed by atoms with Crippen LogP contribution in [-0.4, -0.2) is 25.2 Å². The summed E-state index contributed by atoms with van der Waals surface area (Å²) in [6.07, 6.45) is -1.75. The first-order valence-electron chi connectivity index (χ1n) is 4.78. The molecule has 0 bridgehead atoms. The number of sulfone groups is 1. The molecule has 0 atom stereocenters. The fraction of sp³-hybridized carbons (Fsp3) is 0.444. The number of hydrogen-bond acceptors (Lipinski definition) is 4. The number of aromatic nitrogens is 1. The van der Waals surface area contributed by atoms with Crippen molar-refractivity contribution in [1.82, 2.24) is 4.57 Å². The normalized spacial score (nSPS) is 12.0. The van der Waals surface area contributed by atoms with Crippen LogP contribution in [0.25, 0.3) is 0 Å². The van der Waals surface area contributed by atoms with Crippen molar-refractivity contribution >= 4 is 15.5 Å². The minimum atomic E-state index is -3.77. The van der Waals surface area contributed by atoms with Crippen LogP contribution >= 0.6 is 0 Å². The highest BCUT2D eigenvalue weighted by Gasteiger charge is 2.19. The smallest absolute Gasteiger partial charge is 0.269 e. The molecular formula is C9H12F2N2O3S. The zero-order valence-corrected chi connectivity index (χ0v) is 9.88. The van der Waals surface area contributed by atoms with E-state index in [4.69, 9.17) is 5.73 Å². The van der Waals surface area contributed by atoms with Gasteiger partial charge < -0.3 is 10.3 Å². The van der Waals surface area contributed by atoms with Gasteiger partial charge in [-0.15, -0.1) is 0 Å². The van der Waals surface area contributed by atoms with Crippen LogP contribution < -0.4 is 11.3 Å². The van der Waals surface area contributed by atoms with Gasteiger partial charge in [-0.25, -0.2) is 17.2 Å². The fourth-order valence-electron chi connectivity index (χ4n) is 1.29. The quantitative estimate of drug-likeness (QED) is 0.859. The lowest BCUT2D eigenvalue weighted by atomic mass is 10.4. The molecule has 1 heterocycles. The summed E-state index contributed by atoms with van der Waals surface area (Å²) in [5, 5.41) is 0. The topological polar surface area (TPSA) is 82.2 Å². The molecule has 2 N–H and O–H groups in total. The Morgan fingerprint density at radius 1 is 1.47 bits per heavy atom. The van der Waals surface area contributed by atoms with E-state index in [0.717, 1.165) is 12.3 Å². The molecule has 0 aliphatic heterocycles. The summed E-state index contributed by atoms with van der Waals surface area (Å²) >= 11 is 0. The molecular weight excluding hydrogens is 254 g/mol. The molecule has 0 spiro atoms. The molecule has 1 aromatic heterocycles. The average molecular weight is 266 g/mol. The van der Waals surface area contributed by atoms with Crippen LogP contribution in [0.5, 0.6) is 0 Å². The summed E-state index contributed by atoms with van der Waals surface area (Å²) in [4.78, 5) is 11.1. The summed E-state index contributed by atoms with van der Waals surface area (Å²) in [6.45, 7) is 0.478. The van der Waals surface area contributed by atoms with E-state index in [0.29, 0.717) is 4.57 Å². The first-order chi connectivity index (χ1) is 7.77. The van der Waals surface area contributed by atoms with Gasteiger partial charge in [0.25, 0.3) is 12.0 Å². The van der Waals surface area contributed by atoms with E-state index in [1.54, 1.807) is 0 Å². The van der Waals surface area contributed by atoms with Gasteiger partial charge >= 0.3 is 0 Å². The number of nitrogen functional groups attached to an aromatic ring is 1. The van der Waals surface area contributed by atoms with Gasteiger partial charge in [-0.05, 0) is 6.07 Å². The molecule has 8 heteroatoms. The van der Waals surface area contributed by atoms with Crippen molar-refractivity contribution < 1.29 is 17.2 Å². The molecule has 0 unspecified atom stereocenters. The Bertz CT molecular complexity index is 566. The Balaban J connectivity index is 3.45. The monoisotopic (exact) mass is 266 g/mol. The van der Waals surface area contributed by atoms with E-state index in [-0.39, 0.29) is 11.4 Å². The molecule has 96 valence electrons. The lowest BCUT2D eigenvalue weighted by molar-refractivity contribution is 0.125. The molecule has 0 saturated carbocycles. The second-order valence-electron chi connectivity index (χ2n) is 3.39. The second kappa shape index (κ2) is 4.82.